The number of carbonyl (C=O) groups is 2. The number of rotatable bonds is 1. The van der Waals surface area contributed by atoms with E-state index in [1.54, 1.807) is 24.3 Å². The first-order valence-electron chi connectivity index (χ1n) is 4.49. The number of esters is 1. The summed E-state index contributed by atoms with van der Waals surface area (Å²) in [5.74, 6) is -1.97. The van der Waals surface area contributed by atoms with Crippen molar-refractivity contribution in [1.82, 2.24) is 0 Å². The Labute approximate surface area is 96.1 Å². The highest BCUT2D eigenvalue weighted by Gasteiger charge is 2.29. The number of ketones is 1. The first-order valence-corrected chi connectivity index (χ1v) is 4.87. The largest absolute Gasteiger partial charge is 0.501 e. The second kappa shape index (κ2) is 3.98. The van der Waals surface area contributed by atoms with Gasteiger partial charge < -0.3 is 9.84 Å². The lowest BCUT2D eigenvalue weighted by molar-refractivity contribution is -0.147. The molecule has 1 aromatic rings. The summed E-state index contributed by atoms with van der Waals surface area (Å²) < 4.78 is 4.46. The predicted octanol–water partition coefficient (Wildman–Crippen LogP) is 1.74. The number of hydrogen-bond donors (Lipinski definition) is 1. The monoisotopic (exact) mass is 238 g/mol. The van der Waals surface area contributed by atoms with E-state index in [1.165, 1.54) is 0 Å². The molecule has 0 aromatic heterocycles. The third kappa shape index (κ3) is 1.79. The fourth-order valence-electron chi connectivity index (χ4n) is 1.42. The van der Waals surface area contributed by atoms with Crippen LogP contribution >= 0.6 is 11.6 Å². The second-order valence-electron chi connectivity index (χ2n) is 3.23. The number of hydrogen-bond acceptors (Lipinski definition) is 4. The van der Waals surface area contributed by atoms with Gasteiger partial charge in [0.1, 0.15) is 0 Å². The van der Waals surface area contributed by atoms with Crippen LogP contribution < -0.4 is 0 Å². The van der Waals surface area contributed by atoms with Crippen molar-refractivity contribution in [3.63, 3.8) is 0 Å². The quantitative estimate of drug-likeness (QED) is 0.757. The normalized spacial score (nSPS) is 16.3. The van der Waals surface area contributed by atoms with Crippen molar-refractivity contribution in [3.8, 4) is 0 Å². The van der Waals surface area contributed by atoms with Crippen molar-refractivity contribution < 1.29 is 19.4 Å². The molecule has 0 bridgehead atoms. The topological polar surface area (TPSA) is 63.6 Å². The lowest BCUT2D eigenvalue weighted by atomic mass is 9.99. The molecule has 0 atom stereocenters. The smallest absolute Gasteiger partial charge is 0.374 e. The Hall–Kier alpha value is -1.81. The van der Waals surface area contributed by atoms with Gasteiger partial charge in [-0.25, -0.2) is 4.79 Å². The van der Waals surface area contributed by atoms with Crippen LogP contribution in [0.4, 0.5) is 0 Å². The lowest BCUT2D eigenvalue weighted by Gasteiger charge is -2.14. The maximum atomic E-state index is 11.5. The van der Waals surface area contributed by atoms with Gasteiger partial charge in [0.15, 0.2) is 6.61 Å². The van der Waals surface area contributed by atoms with Gasteiger partial charge in [-0.05, 0) is 17.7 Å². The third-order valence-corrected chi connectivity index (χ3v) is 2.43. The molecule has 0 amide bonds. The predicted molar refractivity (Wildman–Crippen MR) is 57.0 cm³/mol. The first-order chi connectivity index (χ1) is 7.59. The molecule has 1 N–H and O–H groups in total. The van der Waals surface area contributed by atoms with E-state index in [9.17, 15) is 14.7 Å². The van der Waals surface area contributed by atoms with Crippen molar-refractivity contribution >= 4 is 28.9 Å². The molecule has 0 radical (unpaired) electrons. The van der Waals surface area contributed by atoms with E-state index in [1.807, 2.05) is 0 Å². The fraction of sp³-hybridized carbons (Fsp3) is 0.0909. The maximum Gasteiger partial charge on any atom is 0.374 e. The molecule has 2 rings (SSSR count). The summed E-state index contributed by atoms with van der Waals surface area (Å²) in [6.07, 6.45) is 0. The van der Waals surface area contributed by atoms with Crippen LogP contribution in [0, 0.1) is 0 Å². The van der Waals surface area contributed by atoms with Crippen LogP contribution in [0.2, 0.25) is 5.02 Å². The average Bonchev–Trinajstić information content (AvgIpc) is 2.27. The van der Waals surface area contributed by atoms with Crippen LogP contribution in [0.5, 0.6) is 0 Å². The zero-order valence-corrected chi connectivity index (χ0v) is 8.82. The van der Waals surface area contributed by atoms with Gasteiger partial charge in [-0.15, -0.1) is 0 Å². The number of benzene rings is 1. The van der Waals surface area contributed by atoms with Crippen molar-refractivity contribution in [1.29, 1.82) is 0 Å². The van der Waals surface area contributed by atoms with Gasteiger partial charge >= 0.3 is 5.97 Å². The summed E-state index contributed by atoms with van der Waals surface area (Å²) in [5.41, 5.74) is 0.427. The van der Waals surface area contributed by atoms with Crippen molar-refractivity contribution in [2.75, 3.05) is 6.61 Å². The number of halogens is 1. The molecule has 0 spiro atoms. The van der Waals surface area contributed by atoms with E-state index in [0.29, 0.717) is 10.6 Å². The molecule has 0 saturated heterocycles. The minimum absolute atomic E-state index is 0.0204. The van der Waals surface area contributed by atoms with E-state index in [2.05, 4.69) is 4.74 Å². The first kappa shape index (κ1) is 10.7. The highest BCUT2D eigenvalue weighted by atomic mass is 35.5. The molecule has 82 valence electrons. The Morgan fingerprint density at radius 2 is 1.81 bits per heavy atom. The van der Waals surface area contributed by atoms with Crippen LogP contribution in [0.3, 0.4) is 0 Å². The summed E-state index contributed by atoms with van der Waals surface area (Å²) in [4.78, 5) is 22.6. The summed E-state index contributed by atoms with van der Waals surface area (Å²) in [7, 11) is 0. The van der Waals surface area contributed by atoms with Gasteiger partial charge in [0.25, 0.3) is 0 Å². The maximum absolute atomic E-state index is 11.5. The van der Waals surface area contributed by atoms with Gasteiger partial charge in [0, 0.05) is 5.02 Å². The van der Waals surface area contributed by atoms with Crippen LogP contribution in [0.15, 0.2) is 30.0 Å². The Bertz CT molecular complexity index is 487. The zero-order valence-electron chi connectivity index (χ0n) is 8.07. The minimum Gasteiger partial charge on any atom is -0.501 e. The number of aliphatic hydroxyl groups is 1. The Balaban J connectivity index is 2.52. The van der Waals surface area contributed by atoms with E-state index >= 15 is 0 Å². The minimum atomic E-state index is -0.885. The lowest BCUT2D eigenvalue weighted by Crippen LogP contribution is -2.25. The highest BCUT2D eigenvalue weighted by Crippen LogP contribution is 2.24. The van der Waals surface area contributed by atoms with Crippen molar-refractivity contribution in [2.24, 2.45) is 0 Å². The van der Waals surface area contributed by atoms with E-state index < -0.39 is 17.5 Å². The highest BCUT2D eigenvalue weighted by molar-refractivity contribution is 6.31. The molecule has 4 nitrogen and oxygen atoms in total. The molecule has 0 aliphatic carbocycles. The second-order valence-corrected chi connectivity index (χ2v) is 3.67. The zero-order chi connectivity index (χ0) is 11.7. The standard InChI is InChI=1S/C11H7ClO4/c12-7-3-1-6(2-4-7)9-8(13)5-16-11(15)10(9)14/h1-4,14H,5H2. The van der Waals surface area contributed by atoms with Gasteiger partial charge in [-0.2, -0.15) is 0 Å². The molecule has 1 aliphatic heterocycles. The number of ether oxygens (including phenoxy) is 1. The van der Waals surface area contributed by atoms with Gasteiger partial charge in [-0.1, -0.05) is 23.7 Å². The van der Waals surface area contributed by atoms with Gasteiger partial charge in [-0.3, -0.25) is 4.79 Å². The molecular formula is C11H7ClO4. The fourth-order valence-corrected chi connectivity index (χ4v) is 1.55. The van der Waals surface area contributed by atoms with Crippen LogP contribution in [-0.4, -0.2) is 23.5 Å². The number of aliphatic hydroxyl groups excluding tert-OH is 1. The SMILES string of the molecule is O=C1COC(=O)C(O)=C1c1ccc(Cl)cc1. The molecule has 1 heterocycles. The van der Waals surface area contributed by atoms with Crippen molar-refractivity contribution in [3.05, 3.63) is 40.6 Å². The van der Waals surface area contributed by atoms with E-state index in [-0.39, 0.29) is 12.2 Å². The summed E-state index contributed by atoms with van der Waals surface area (Å²) in [6.45, 7) is -0.346. The molecular weight excluding hydrogens is 232 g/mol. The molecule has 1 aliphatic rings. The number of carbonyl (C=O) groups excluding carboxylic acids is 2. The van der Waals surface area contributed by atoms with Gasteiger partial charge in [0.2, 0.25) is 11.5 Å². The average molecular weight is 239 g/mol. The Morgan fingerprint density at radius 1 is 1.19 bits per heavy atom. The Morgan fingerprint density at radius 3 is 2.44 bits per heavy atom. The van der Waals surface area contributed by atoms with Crippen molar-refractivity contribution in [2.45, 2.75) is 0 Å². The van der Waals surface area contributed by atoms with Gasteiger partial charge in [0.05, 0.1) is 5.57 Å². The third-order valence-electron chi connectivity index (χ3n) is 2.18. The number of cyclic esters (lactones) is 1. The van der Waals surface area contributed by atoms with E-state index in [0.717, 1.165) is 0 Å². The molecule has 16 heavy (non-hydrogen) atoms. The number of Topliss-reactive ketones (excluding diaryl/α,β-unsaturated/α-hetero) is 1. The molecule has 0 saturated carbocycles. The molecule has 1 aromatic carbocycles. The van der Waals surface area contributed by atoms with E-state index in [4.69, 9.17) is 11.6 Å². The summed E-state index contributed by atoms with van der Waals surface area (Å²) in [5, 5.41) is 9.99. The summed E-state index contributed by atoms with van der Waals surface area (Å²) in [6, 6.07) is 6.27. The van der Waals surface area contributed by atoms with Crippen LogP contribution in [0.25, 0.3) is 5.57 Å². The van der Waals surface area contributed by atoms with Crippen LogP contribution in [0.1, 0.15) is 5.56 Å². The Kier molecular flexibility index (Phi) is 2.66. The molecule has 0 fully saturated rings. The molecule has 0 unspecified atom stereocenters. The molecule has 5 heteroatoms. The van der Waals surface area contributed by atoms with Crippen LogP contribution in [-0.2, 0) is 14.3 Å². The summed E-state index contributed by atoms with van der Waals surface area (Å²) >= 11 is 5.70.